The quantitative estimate of drug-likeness (QED) is 0.143. The van der Waals surface area contributed by atoms with Crippen LogP contribution in [0.3, 0.4) is 0 Å². The number of rotatable bonds is 7. The van der Waals surface area contributed by atoms with Gasteiger partial charge in [0.1, 0.15) is 0 Å². The fourth-order valence-electron chi connectivity index (χ4n) is 9.00. The van der Waals surface area contributed by atoms with E-state index in [1.165, 1.54) is 99.0 Å². The molecule has 276 valence electrons. The molecule has 0 saturated carbocycles. The van der Waals surface area contributed by atoms with Crippen molar-refractivity contribution in [1.82, 2.24) is 4.57 Å². The summed E-state index contributed by atoms with van der Waals surface area (Å²) in [5.74, 6) is 0. The summed E-state index contributed by atoms with van der Waals surface area (Å²) in [5, 5.41) is 7.45. The Bertz CT molecular complexity index is 3350. The lowest BCUT2D eigenvalue weighted by molar-refractivity contribution is 1.18. The highest BCUT2D eigenvalue weighted by Gasteiger charge is 2.17. The zero-order valence-corrected chi connectivity index (χ0v) is 32.5. The van der Waals surface area contributed by atoms with Gasteiger partial charge in [-0.2, -0.15) is 0 Å². The average Bonchev–Trinajstić information content (AvgIpc) is 3.64. The summed E-state index contributed by atoms with van der Waals surface area (Å²) < 4.78 is 2.42. The number of fused-ring (bicyclic) bond motifs is 5. The number of benzene rings is 10. The lowest BCUT2D eigenvalue weighted by atomic mass is 9.88. The maximum absolute atomic E-state index is 2.42. The second-order valence-electron chi connectivity index (χ2n) is 15.3. The molecule has 0 spiro atoms. The van der Waals surface area contributed by atoms with Crippen LogP contribution in [0, 0.1) is 0 Å². The third kappa shape index (κ3) is 6.21. The maximum Gasteiger partial charge on any atom is 0.0547 e. The van der Waals surface area contributed by atoms with Gasteiger partial charge in [0.15, 0.2) is 0 Å². The van der Waals surface area contributed by atoms with Crippen molar-refractivity contribution in [3.05, 3.63) is 247 Å². The van der Waals surface area contributed by atoms with Gasteiger partial charge >= 0.3 is 0 Å². The highest BCUT2D eigenvalue weighted by atomic mass is 15.0. The highest BCUT2D eigenvalue weighted by molar-refractivity contribution is 6.11. The van der Waals surface area contributed by atoms with Gasteiger partial charge in [-0.15, -0.1) is 0 Å². The second-order valence-corrected chi connectivity index (χ2v) is 15.3. The van der Waals surface area contributed by atoms with Crippen LogP contribution in [-0.4, -0.2) is 4.57 Å². The molecule has 0 saturated heterocycles. The van der Waals surface area contributed by atoms with Crippen LogP contribution >= 0.6 is 0 Å². The molecule has 0 radical (unpaired) electrons. The smallest absolute Gasteiger partial charge is 0.0547 e. The van der Waals surface area contributed by atoms with Crippen molar-refractivity contribution in [2.24, 2.45) is 0 Å². The predicted molar refractivity (Wildman–Crippen MR) is 252 cm³/mol. The van der Waals surface area contributed by atoms with Crippen molar-refractivity contribution < 1.29 is 0 Å². The van der Waals surface area contributed by atoms with E-state index in [2.05, 4.69) is 241 Å². The van der Waals surface area contributed by atoms with Crippen LogP contribution < -0.4 is 0 Å². The molecule has 11 aromatic rings. The Kier molecular flexibility index (Phi) is 8.56. The SMILES string of the molecule is C(=C(c1cccc(-c2ccccc2-c2ccc3c4ccccc4n(-c4ccc(-c5ccccc5)cc4)c3c2)c1)c1cccc2ccccc12)c1cccc2ccccc12. The molecule has 1 nitrogen and oxygen atoms in total. The Morgan fingerprint density at radius 1 is 0.339 bits per heavy atom. The highest BCUT2D eigenvalue weighted by Crippen LogP contribution is 2.40. The van der Waals surface area contributed by atoms with E-state index in [9.17, 15) is 0 Å². The zero-order chi connectivity index (χ0) is 39.1. The molecule has 0 aliphatic carbocycles. The van der Waals surface area contributed by atoms with Gasteiger partial charge in [-0.05, 0) is 114 Å². The number of para-hydroxylation sites is 1. The van der Waals surface area contributed by atoms with Crippen molar-refractivity contribution >= 4 is 55.0 Å². The third-order valence-electron chi connectivity index (χ3n) is 11.8. The minimum Gasteiger partial charge on any atom is -0.309 e. The Morgan fingerprint density at radius 3 is 1.68 bits per heavy atom. The number of aromatic nitrogens is 1. The molecule has 0 aliphatic heterocycles. The van der Waals surface area contributed by atoms with E-state index >= 15 is 0 Å². The largest absolute Gasteiger partial charge is 0.309 e. The van der Waals surface area contributed by atoms with Crippen LogP contribution in [0.25, 0.3) is 94.1 Å². The van der Waals surface area contributed by atoms with Crippen molar-refractivity contribution in [2.45, 2.75) is 0 Å². The summed E-state index contributed by atoms with van der Waals surface area (Å²) in [6, 6.07) is 83.9. The first kappa shape index (κ1) is 34.5. The monoisotopic (exact) mass is 749 g/mol. The predicted octanol–water partition coefficient (Wildman–Crippen LogP) is 15.7. The summed E-state index contributed by atoms with van der Waals surface area (Å²) in [6.45, 7) is 0. The van der Waals surface area contributed by atoms with E-state index < -0.39 is 0 Å². The first-order chi connectivity index (χ1) is 29.3. The van der Waals surface area contributed by atoms with E-state index in [1.807, 2.05) is 0 Å². The molecule has 59 heavy (non-hydrogen) atoms. The van der Waals surface area contributed by atoms with E-state index in [0.29, 0.717) is 0 Å². The molecule has 0 bridgehead atoms. The van der Waals surface area contributed by atoms with Crippen LogP contribution in [0.1, 0.15) is 16.7 Å². The van der Waals surface area contributed by atoms with Crippen molar-refractivity contribution in [3.63, 3.8) is 0 Å². The van der Waals surface area contributed by atoms with Gasteiger partial charge in [0, 0.05) is 16.5 Å². The molecule has 1 heteroatoms. The van der Waals surface area contributed by atoms with Gasteiger partial charge in [0.2, 0.25) is 0 Å². The summed E-state index contributed by atoms with van der Waals surface area (Å²) in [4.78, 5) is 0. The van der Waals surface area contributed by atoms with Gasteiger partial charge in [-0.1, -0.05) is 200 Å². The number of hydrogen-bond acceptors (Lipinski definition) is 0. The molecule has 0 atom stereocenters. The Morgan fingerprint density at radius 2 is 0.881 bits per heavy atom. The fraction of sp³-hybridized carbons (Fsp3) is 0. The van der Waals surface area contributed by atoms with E-state index in [4.69, 9.17) is 0 Å². The van der Waals surface area contributed by atoms with E-state index in [0.717, 1.165) is 5.69 Å². The summed E-state index contributed by atoms with van der Waals surface area (Å²) >= 11 is 0. The molecule has 0 amide bonds. The molecule has 0 aliphatic rings. The molecule has 1 heterocycles. The topological polar surface area (TPSA) is 4.93 Å². The van der Waals surface area contributed by atoms with Gasteiger partial charge < -0.3 is 4.57 Å². The Balaban J connectivity index is 1.06. The number of nitrogens with zero attached hydrogens (tertiary/aromatic N) is 1. The van der Waals surface area contributed by atoms with Crippen molar-refractivity contribution in [1.29, 1.82) is 0 Å². The van der Waals surface area contributed by atoms with Crippen LogP contribution in [0.15, 0.2) is 231 Å². The summed E-state index contributed by atoms with van der Waals surface area (Å²) in [7, 11) is 0. The minimum absolute atomic E-state index is 1.15. The van der Waals surface area contributed by atoms with Crippen LogP contribution in [0.2, 0.25) is 0 Å². The third-order valence-corrected chi connectivity index (χ3v) is 11.8. The summed E-state index contributed by atoms with van der Waals surface area (Å²) in [5.41, 5.74) is 15.5. The minimum atomic E-state index is 1.15. The molecule has 0 fully saturated rings. The lowest BCUT2D eigenvalue weighted by Crippen LogP contribution is -1.94. The van der Waals surface area contributed by atoms with Gasteiger partial charge in [0.25, 0.3) is 0 Å². The molecule has 1 aromatic heterocycles. The summed E-state index contributed by atoms with van der Waals surface area (Å²) in [6.07, 6.45) is 2.38. The maximum atomic E-state index is 2.42. The molecule has 10 aromatic carbocycles. The van der Waals surface area contributed by atoms with E-state index in [1.54, 1.807) is 0 Å². The first-order valence-electron chi connectivity index (χ1n) is 20.3. The fourth-order valence-corrected chi connectivity index (χ4v) is 9.00. The van der Waals surface area contributed by atoms with Gasteiger partial charge in [-0.25, -0.2) is 0 Å². The van der Waals surface area contributed by atoms with Crippen molar-refractivity contribution in [2.75, 3.05) is 0 Å². The molecule has 0 unspecified atom stereocenters. The second kappa shape index (κ2) is 14.6. The van der Waals surface area contributed by atoms with Crippen molar-refractivity contribution in [3.8, 4) is 39.1 Å². The normalized spacial score (nSPS) is 11.8. The molecular formula is C58H39N. The zero-order valence-electron chi connectivity index (χ0n) is 32.5. The first-order valence-corrected chi connectivity index (χ1v) is 20.3. The lowest BCUT2D eigenvalue weighted by Gasteiger charge is -2.16. The molecule has 0 N–H and O–H groups in total. The van der Waals surface area contributed by atoms with Gasteiger partial charge in [-0.3, -0.25) is 0 Å². The molecule has 11 rings (SSSR count). The van der Waals surface area contributed by atoms with Gasteiger partial charge in [0.05, 0.1) is 11.0 Å². The van der Waals surface area contributed by atoms with Crippen LogP contribution in [0.5, 0.6) is 0 Å². The Hall–Kier alpha value is -7.74. The van der Waals surface area contributed by atoms with Crippen LogP contribution in [0.4, 0.5) is 0 Å². The average molecular weight is 750 g/mol. The standard InChI is InChI=1S/C58H39N/c1-2-15-40(16-3-1)41-31-34-48(35-32-41)59-57-30-11-10-28-54(57)55-36-33-47(39-58(55)59)52-27-9-8-26-51(52)44-21-13-22-45(37-44)56(53-29-14-20-43-18-5-7-25-50(43)53)38-46-23-12-19-42-17-4-6-24-49(42)46/h1-39H. The van der Waals surface area contributed by atoms with Crippen LogP contribution in [-0.2, 0) is 0 Å². The number of hydrogen-bond donors (Lipinski definition) is 0. The van der Waals surface area contributed by atoms with E-state index in [-0.39, 0.29) is 0 Å². The molecular weight excluding hydrogens is 711 g/mol. The Labute approximate surface area is 344 Å².